The van der Waals surface area contributed by atoms with Gasteiger partial charge < -0.3 is 4.98 Å². The fraction of sp³-hybridized carbons (Fsp3) is 0.0435. The molecule has 4 rings (SSSR count). The van der Waals surface area contributed by atoms with Crippen molar-refractivity contribution >= 4 is 58.5 Å². The van der Waals surface area contributed by atoms with E-state index in [2.05, 4.69) is 46.7 Å². The van der Waals surface area contributed by atoms with Crippen LogP contribution in [-0.2, 0) is 0 Å². The van der Waals surface area contributed by atoms with Crippen molar-refractivity contribution in [2.24, 2.45) is 5.10 Å². The van der Waals surface area contributed by atoms with Gasteiger partial charge in [-0.15, -0.1) is 0 Å². The molecule has 8 heteroatoms. The summed E-state index contributed by atoms with van der Waals surface area (Å²) in [6, 6.07) is 21.4. The second-order valence-electron chi connectivity index (χ2n) is 6.70. The van der Waals surface area contributed by atoms with Gasteiger partial charge in [0.15, 0.2) is 0 Å². The molecular formula is C23H17Cl3N4S. The Bertz CT molecular complexity index is 1200. The summed E-state index contributed by atoms with van der Waals surface area (Å²) in [5.74, 6) is 0.763. The number of halogens is 3. The average Bonchev–Trinajstić information content (AvgIpc) is 3.15. The Balaban J connectivity index is 1.64. The van der Waals surface area contributed by atoms with Crippen LogP contribution in [0.4, 0.5) is 5.69 Å². The van der Waals surface area contributed by atoms with Crippen LogP contribution in [0.1, 0.15) is 11.3 Å². The average molecular weight is 488 g/mol. The molecule has 156 valence electrons. The number of aromatic nitrogens is 2. The van der Waals surface area contributed by atoms with Crippen molar-refractivity contribution in [3.63, 3.8) is 0 Å². The van der Waals surface area contributed by atoms with Gasteiger partial charge in [0.25, 0.3) is 0 Å². The van der Waals surface area contributed by atoms with E-state index >= 15 is 0 Å². The van der Waals surface area contributed by atoms with Gasteiger partial charge in [-0.3, -0.25) is 5.43 Å². The van der Waals surface area contributed by atoms with Crippen molar-refractivity contribution < 1.29 is 0 Å². The lowest BCUT2D eigenvalue weighted by molar-refractivity contribution is 1.19. The normalized spacial score (nSPS) is 11.2. The van der Waals surface area contributed by atoms with Crippen LogP contribution in [0.15, 0.2) is 81.8 Å². The van der Waals surface area contributed by atoms with Crippen molar-refractivity contribution in [2.45, 2.75) is 16.8 Å². The third-order valence-corrected chi connectivity index (χ3v) is 6.18. The zero-order chi connectivity index (χ0) is 21.8. The molecular weight excluding hydrogens is 471 g/mol. The predicted octanol–water partition coefficient (Wildman–Crippen LogP) is 7.94. The number of hydrazone groups is 1. The largest absolute Gasteiger partial charge is 0.336 e. The topological polar surface area (TPSA) is 53.1 Å². The smallest absolute Gasteiger partial charge is 0.139 e. The van der Waals surface area contributed by atoms with Crippen LogP contribution in [0.2, 0.25) is 15.1 Å². The highest BCUT2D eigenvalue weighted by atomic mass is 35.5. The Hall–Kier alpha value is -2.44. The van der Waals surface area contributed by atoms with E-state index < -0.39 is 0 Å². The van der Waals surface area contributed by atoms with E-state index in [1.54, 1.807) is 30.1 Å². The molecule has 0 bridgehead atoms. The molecule has 4 nitrogen and oxygen atoms in total. The second kappa shape index (κ2) is 9.79. The minimum absolute atomic E-state index is 0.387. The monoisotopic (exact) mass is 486 g/mol. The first-order chi connectivity index (χ1) is 15.0. The number of rotatable bonds is 6. The summed E-state index contributed by atoms with van der Waals surface area (Å²) >= 11 is 20.0. The SMILES string of the molecule is Cc1ccc(Sc2nc(-c3ccccc3)[nH]c2C=NNc2c(Cl)cc(Cl)cc2Cl)cc1. The van der Waals surface area contributed by atoms with Crippen molar-refractivity contribution in [3.8, 4) is 11.4 Å². The highest BCUT2D eigenvalue weighted by molar-refractivity contribution is 7.99. The van der Waals surface area contributed by atoms with Crippen LogP contribution in [0.3, 0.4) is 0 Å². The Labute approximate surface area is 199 Å². The summed E-state index contributed by atoms with van der Waals surface area (Å²) in [5.41, 5.74) is 6.34. The molecule has 0 atom stereocenters. The minimum atomic E-state index is 0.387. The van der Waals surface area contributed by atoms with Crippen LogP contribution in [0, 0.1) is 6.92 Å². The third kappa shape index (κ3) is 5.43. The Morgan fingerprint density at radius 1 is 0.968 bits per heavy atom. The molecule has 0 saturated heterocycles. The van der Waals surface area contributed by atoms with Crippen LogP contribution < -0.4 is 5.43 Å². The molecule has 0 unspecified atom stereocenters. The fourth-order valence-corrected chi connectivity index (χ4v) is 4.54. The standard InChI is InChI=1S/C23H17Cl3N4S/c1-14-7-9-17(10-8-14)31-23-20(28-22(29-23)15-5-3-2-4-6-15)13-27-30-21-18(25)11-16(24)12-19(21)26/h2-13,30H,1H3,(H,28,29). The number of H-pyrrole nitrogens is 1. The van der Waals surface area contributed by atoms with Crippen LogP contribution in [-0.4, -0.2) is 16.2 Å². The van der Waals surface area contributed by atoms with Crippen molar-refractivity contribution in [1.29, 1.82) is 0 Å². The third-order valence-electron chi connectivity index (χ3n) is 4.36. The lowest BCUT2D eigenvalue weighted by Gasteiger charge is -2.06. The summed E-state index contributed by atoms with van der Waals surface area (Å²) in [7, 11) is 0. The van der Waals surface area contributed by atoms with Gasteiger partial charge in [-0.1, -0.05) is 94.6 Å². The summed E-state index contributed by atoms with van der Waals surface area (Å²) in [6.07, 6.45) is 1.66. The molecule has 0 saturated carbocycles. The molecule has 0 aliphatic rings. The van der Waals surface area contributed by atoms with Gasteiger partial charge in [-0.05, 0) is 31.2 Å². The van der Waals surface area contributed by atoms with Gasteiger partial charge in [-0.25, -0.2) is 4.98 Å². The number of anilines is 1. The summed E-state index contributed by atoms with van der Waals surface area (Å²) < 4.78 is 0. The molecule has 1 heterocycles. The van der Waals surface area contributed by atoms with E-state index in [9.17, 15) is 0 Å². The number of imidazole rings is 1. The summed E-state index contributed by atoms with van der Waals surface area (Å²) in [5, 5.41) is 6.36. The van der Waals surface area contributed by atoms with Gasteiger partial charge in [0, 0.05) is 15.5 Å². The quantitative estimate of drug-likeness (QED) is 0.214. The van der Waals surface area contributed by atoms with Crippen LogP contribution >= 0.6 is 46.6 Å². The molecule has 0 amide bonds. The molecule has 0 fully saturated rings. The zero-order valence-corrected chi connectivity index (χ0v) is 19.4. The maximum absolute atomic E-state index is 6.22. The van der Waals surface area contributed by atoms with Crippen LogP contribution in [0.5, 0.6) is 0 Å². The highest BCUT2D eigenvalue weighted by Gasteiger charge is 2.12. The van der Waals surface area contributed by atoms with Crippen molar-refractivity contribution in [2.75, 3.05) is 5.43 Å². The van der Waals surface area contributed by atoms with E-state index in [4.69, 9.17) is 39.8 Å². The lowest BCUT2D eigenvalue weighted by Crippen LogP contribution is -1.94. The molecule has 0 spiro atoms. The number of hydrogen-bond donors (Lipinski definition) is 2. The highest BCUT2D eigenvalue weighted by Crippen LogP contribution is 2.34. The van der Waals surface area contributed by atoms with Crippen molar-refractivity contribution in [3.05, 3.63) is 93.1 Å². The van der Waals surface area contributed by atoms with Crippen molar-refractivity contribution in [1.82, 2.24) is 9.97 Å². The van der Waals surface area contributed by atoms with E-state index in [0.29, 0.717) is 20.8 Å². The lowest BCUT2D eigenvalue weighted by atomic mass is 10.2. The summed E-state index contributed by atoms with van der Waals surface area (Å²) in [4.78, 5) is 9.22. The second-order valence-corrected chi connectivity index (χ2v) is 9.01. The Kier molecular flexibility index (Phi) is 6.88. The van der Waals surface area contributed by atoms with Gasteiger partial charge in [0.05, 0.1) is 27.6 Å². The van der Waals surface area contributed by atoms with Gasteiger partial charge >= 0.3 is 0 Å². The predicted molar refractivity (Wildman–Crippen MR) is 132 cm³/mol. The first kappa shape index (κ1) is 21.8. The van der Waals surface area contributed by atoms with Gasteiger partial charge in [0.1, 0.15) is 10.9 Å². The van der Waals surface area contributed by atoms with E-state index in [-0.39, 0.29) is 0 Å². The van der Waals surface area contributed by atoms with Gasteiger partial charge in [-0.2, -0.15) is 5.10 Å². The number of aromatic amines is 1. The fourth-order valence-electron chi connectivity index (χ4n) is 2.80. The number of hydrogen-bond acceptors (Lipinski definition) is 4. The number of benzene rings is 3. The van der Waals surface area contributed by atoms with Gasteiger partial charge in [0.2, 0.25) is 0 Å². The minimum Gasteiger partial charge on any atom is -0.336 e. The van der Waals surface area contributed by atoms with E-state index in [1.165, 1.54) is 5.56 Å². The molecule has 0 aliphatic heterocycles. The number of nitrogens with one attached hydrogen (secondary N) is 2. The molecule has 0 aliphatic carbocycles. The van der Waals surface area contributed by atoms with Crippen LogP contribution in [0.25, 0.3) is 11.4 Å². The van der Waals surface area contributed by atoms with E-state index in [0.717, 1.165) is 27.0 Å². The molecule has 1 aromatic heterocycles. The Morgan fingerprint density at radius 3 is 2.32 bits per heavy atom. The summed E-state index contributed by atoms with van der Waals surface area (Å²) in [6.45, 7) is 2.06. The molecule has 31 heavy (non-hydrogen) atoms. The molecule has 0 radical (unpaired) electrons. The maximum atomic E-state index is 6.22. The first-order valence-corrected chi connectivity index (χ1v) is 11.3. The number of nitrogens with zero attached hydrogens (tertiary/aromatic N) is 2. The zero-order valence-electron chi connectivity index (χ0n) is 16.4. The number of aryl methyl sites for hydroxylation is 1. The van der Waals surface area contributed by atoms with E-state index in [1.807, 2.05) is 30.3 Å². The Morgan fingerprint density at radius 2 is 1.65 bits per heavy atom. The molecule has 4 aromatic rings. The molecule has 3 aromatic carbocycles. The first-order valence-electron chi connectivity index (χ1n) is 9.33. The molecule has 2 N–H and O–H groups in total. The maximum Gasteiger partial charge on any atom is 0.139 e.